The van der Waals surface area contributed by atoms with Crippen molar-refractivity contribution >= 4 is 23.7 Å². The van der Waals surface area contributed by atoms with Crippen molar-refractivity contribution in [1.82, 2.24) is 20.2 Å². The van der Waals surface area contributed by atoms with Crippen LogP contribution in [-0.2, 0) is 23.9 Å². The number of amides is 2. The summed E-state index contributed by atoms with van der Waals surface area (Å²) in [4.78, 5) is 49.6. The van der Waals surface area contributed by atoms with Crippen LogP contribution in [0.1, 0.15) is 27.2 Å². The lowest BCUT2D eigenvalue weighted by atomic mass is 10.0. The highest BCUT2D eigenvalue weighted by molar-refractivity contribution is 5.95. The quantitative estimate of drug-likeness (QED) is 0.462. The van der Waals surface area contributed by atoms with Crippen molar-refractivity contribution in [2.24, 2.45) is 5.92 Å². The van der Waals surface area contributed by atoms with E-state index in [2.05, 4.69) is 15.3 Å². The van der Waals surface area contributed by atoms with E-state index < -0.39 is 30.1 Å². The van der Waals surface area contributed by atoms with Gasteiger partial charge in [-0.2, -0.15) is 0 Å². The molecule has 0 saturated carbocycles. The number of rotatable bonds is 8. The second-order valence-electron chi connectivity index (χ2n) is 7.78. The van der Waals surface area contributed by atoms with Gasteiger partial charge in [-0.15, -0.1) is 0 Å². The van der Waals surface area contributed by atoms with E-state index in [0.29, 0.717) is 38.5 Å². The van der Waals surface area contributed by atoms with Gasteiger partial charge in [0.15, 0.2) is 12.2 Å². The molecule has 0 spiro atoms. The van der Waals surface area contributed by atoms with Gasteiger partial charge in [0, 0.05) is 38.6 Å². The Hall–Kier alpha value is -2.75. The molecule has 2 saturated heterocycles. The largest absolute Gasteiger partial charge is 0.464 e. The van der Waals surface area contributed by atoms with E-state index in [4.69, 9.17) is 9.47 Å². The predicted molar refractivity (Wildman–Crippen MR) is 108 cm³/mol. The molecule has 3 rings (SSSR count). The summed E-state index contributed by atoms with van der Waals surface area (Å²) in [6.45, 7) is 8.18. The van der Waals surface area contributed by atoms with E-state index in [0.717, 1.165) is 0 Å². The van der Waals surface area contributed by atoms with Crippen LogP contribution in [0.3, 0.4) is 0 Å². The summed E-state index contributed by atoms with van der Waals surface area (Å²) >= 11 is 0. The standard InChI is InChI=1S/C20H29N5O5/c1-4-29-19(28)16-15(30-16)17(26)23-14(12-13(2)3)18(27)24-8-10-25(11-9-24)20-21-6-5-7-22-20/h5-7,13-16H,4,8-12H2,1-3H3,(H,23,26)/t14-,15+,16+/m0/s1. The van der Waals surface area contributed by atoms with Gasteiger partial charge in [0.05, 0.1) is 6.61 Å². The fourth-order valence-electron chi connectivity index (χ4n) is 3.46. The van der Waals surface area contributed by atoms with Gasteiger partial charge in [0.25, 0.3) is 5.91 Å². The van der Waals surface area contributed by atoms with Crippen LogP contribution in [0.15, 0.2) is 18.5 Å². The maximum absolute atomic E-state index is 13.1. The average Bonchev–Trinajstić information content (AvgIpc) is 3.55. The fraction of sp³-hybridized carbons (Fsp3) is 0.650. The van der Waals surface area contributed by atoms with Crippen molar-refractivity contribution in [3.8, 4) is 0 Å². The van der Waals surface area contributed by atoms with Crippen LogP contribution >= 0.6 is 0 Å². The van der Waals surface area contributed by atoms with Crippen molar-refractivity contribution in [2.75, 3.05) is 37.7 Å². The average molecular weight is 419 g/mol. The Bertz CT molecular complexity index is 751. The van der Waals surface area contributed by atoms with Crippen molar-refractivity contribution < 1.29 is 23.9 Å². The van der Waals surface area contributed by atoms with Gasteiger partial charge in [0.1, 0.15) is 6.04 Å². The van der Waals surface area contributed by atoms with E-state index in [-0.39, 0.29) is 18.4 Å². The molecule has 2 amide bonds. The van der Waals surface area contributed by atoms with E-state index in [1.165, 1.54) is 0 Å². The maximum Gasteiger partial charge on any atom is 0.338 e. The number of anilines is 1. The third kappa shape index (κ3) is 5.44. The molecular weight excluding hydrogens is 390 g/mol. The summed E-state index contributed by atoms with van der Waals surface area (Å²) in [5.74, 6) is -0.280. The molecule has 2 aliphatic rings. The summed E-state index contributed by atoms with van der Waals surface area (Å²) in [5, 5.41) is 2.78. The minimum atomic E-state index is -0.890. The minimum absolute atomic E-state index is 0.126. The SMILES string of the molecule is CCOC(=O)[C@@H]1O[C@H]1C(=O)N[C@@H](CC(C)C)C(=O)N1CCN(c2ncccn2)CC1. The topological polar surface area (TPSA) is 117 Å². The second kappa shape index (κ2) is 9.84. The van der Waals surface area contributed by atoms with Crippen LogP contribution < -0.4 is 10.2 Å². The van der Waals surface area contributed by atoms with E-state index in [9.17, 15) is 14.4 Å². The van der Waals surface area contributed by atoms with Crippen molar-refractivity contribution in [2.45, 2.75) is 45.4 Å². The summed E-state index contributed by atoms with van der Waals surface area (Å²) in [6.07, 6.45) is 2.12. The Morgan fingerprint density at radius 3 is 2.43 bits per heavy atom. The molecule has 0 aliphatic carbocycles. The number of hydrogen-bond acceptors (Lipinski definition) is 8. The molecule has 0 bridgehead atoms. The molecule has 1 aromatic rings. The molecule has 10 heteroatoms. The minimum Gasteiger partial charge on any atom is -0.464 e. The second-order valence-corrected chi connectivity index (χ2v) is 7.78. The highest BCUT2D eigenvalue weighted by Crippen LogP contribution is 2.24. The van der Waals surface area contributed by atoms with Crippen LogP contribution in [0.4, 0.5) is 5.95 Å². The number of epoxide rings is 1. The lowest BCUT2D eigenvalue weighted by molar-refractivity contribution is -0.144. The number of esters is 1. The third-order valence-corrected chi connectivity index (χ3v) is 5.02. The van der Waals surface area contributed by atoms with Crippen LogP contribution in [0.25, 0.3) is 0 Å². The number of nitrogens with zero attached hydrogens (tertiary/aromatic N) is 4. The summed E-state index contributed by atoms with van der Waals surface area (Å²) in [6, 6.07) is 1.10. The van der Waals surface area contributed by atoms with Crippen molar-refractivity contribution in [3.05, 3.63) is 18.5 Å². The van der Waals surface area contributed by atoms with Gasteiger partial charge in [-0.25, -0.2) is 14.8 Å². The zero-order chi connectivity index (χ0) is 21.7. The lowest BCUT2D eigenvalue weighted by Gasteiger charge is -2.36. The smallest absolute Gasteiger partial charge is 0.338 e. The molecule has 2 aliphatic heterocycles. The first-order valence-electron chi connectivity index (χ1n) is 10.3. The highest BCUT2D eigenvalue weighted by Gasteiger charge is 2.52. The summed E-state index contributed by atoms with van der Waals surface area (Å²) < 4.78 is 10.0. The summed E-state index contributed by atoms with van der Waals surface area (Å²) in [7, 11) is 0. The van der Waals surface area contributed by atoms with Gasteiger partial charge in [-0.05, 0) is 25.3 Å². The van der Waals surface area contributed by atoms with E-state index >= 15 is 0 Å². The third-order valence-electron chi connectivity index (χ3n) is 5.02. The number of nitrogens with one attached hydrogen (secondary N) is 1. The molecule has 164 valence electrons. The zero-order valence-electron chi connectivity index (χ0n) is 17.6. The molecule has 1 aromatic heterocycles. The number of piperazine rings is 1. The Kier molecular flexibility index (Phi) is 7.20. The molecule has 2 fully saturated rings. The molecule has 30 heavy (non-hydrogen) atoms. The first kappa shape index (κ1) is 21.9. The first-order chi connectivity index (χ1) is 14.4. The number of carbonyl (C=O) groups excluding carboxylic acids is 3. The Balaban J connectivity index is 1.55. The van der Waals surface area contributed by atoms with Crippen LogP contribution in [0, 0.1) is 5.92 Å². The van der Waals surface area contributed by atoms with Crippen molar-refractivity contribution in [1.29, 1.82) is 0 Å². The highest BCUT2D eigenvalue weighted by atomic mass is 16.6. The molecule has 1 N–H and O–H groups in total. The van der Waals surface area contributed by atoms with Crippen molar-refractivity contribution in [3.63, 3.8) is 0 Å². The zero-order valence-corrected chi connectivity index (χ0v) is 17.6. The molecule has 10 nitrogen and oxygen atoms in total. The lowest BCUT2D eigenvalue weighted by Crippen LogP contribution is -2.56. The molecular formula is C20H29N5O5. The van der Waals surface area contributed by atoms with E-state index in [1.54, 1.807) is 30.3 Å². The van der Waals surface area contributed by atoms with Gasteiger partial charge in [-0.1, -0.05) is 13.8 Å². The predicted octanol–water partition coefficient (Wildman–Crippen LogP) is -0.0134. The molecule has 0 unspecified atom stereocenters. The number of ether oxygens (including phenoxy) is 2. The summed E-state index contributed by atoms with van der Waals surface area (Å²) in [5.41, 5.74) is 0. The maximum atomic E-state index is 13.1. The van der Waals surface area contributed by atoms with Gasteiger partial charge < -0.3 is 24.6 Å². The normalized spacial score (nSPS) is 21.9. The molecule has 3 heterocycles. The number of carbonyl (C=O) groups is 3. The Morgan fingerprint density at radius 1 is 1.17 bits per heavy atom. The van der Waals surface area contributed by atoms with Gasteiger partial charge in [0.2, 0.25) is 11.9 Å². The number of hydrogen-bond donors (Lipinski definition) is 1. The van der Waals surface area contributed by atoms with Crippen LogP contribution in [0.2, 0.25) is 0 Å². The van der Waals surface area contributed by atoms with Crippen LogP contribution in [-0.4, -0.2) is 83.7 Å². The number of aromatic nitrogens is 2. The molecule has 3 atom stereocenters. The Labute approximate surface area is 175 Å². The fourth-order valence-corrected chi connectivity index (χ4v) is 3.46. The molecule has 0 radical (unpaired) electrons. The first-order valence-corrected chi connectivity index (χ1v) is 10.3. The van der Waals surface area contributed by atoms with Gasteiger partial charge >= 0.3 is 5.97 Å². The monoisotopic (exact) mass is 419 g/mol. The molecule has 0 aromatic carbocycles. The Morgan fingerprint density at radius 2 is 1.83 bits per heavy atom. The van der Waals surface area contributed by atoms with Gasteiger partial charge in [-0.3, -0.25) is 9.59 Å². The van der Waals surface area contributed by atoms with Crippen LogP contribution in [0.5, 0.6) is 0 Å². The van der Waals surface area contributed by atoms with E-state index in [1.807, 2.05) is 18.7 Å².